The maximum Gasteiger partial charge on any atom is 0.239 e. The highest BCUT2D eigenvalue weighted by molar-refractivity contribution is 6.09. The van der Waals surface area contributed by atoms with E-state index in [1.54, 1.807) is 25.2 Å². The van der Waals surface area contributed by atoms with Crippen LogP contribution < -0.4 is 19.7 Å². The van der Waals surface area contributed by atoms with Crippen LogP contribution in [0.3, 0.4) is 0 Å². The number of nitrogens with one attached hydrogen (secondary N) is 1. The molecule has 1 aliphatic heterocycles. The summed E-state index contributed by atoms with van der Waals surface area (Å²) in [5.41, 5.74) is 1.62. The summed E-state index contributed by atoms with van der Waals surface area (Å²) in [6.45, 7) is 0.817. The molecule has 1 fully saturated rings. The molecule has 1 N–H and O–H groups in total. The highest BCUT2D eigenvalue weighted by atomic mass is 16.5. The predicted octanol–water partition coefficient (Wildman–Crippen LogP) is 2.37. The number of carbonyl (C=O) groups excluding carboxylic acids is 2. The van der Waals surface area contributed by atoms with Crippen molar-refractivity contribution in [3.8, 4) is 11.5 Å². The lowest BCUT2D eigenvalue weighted by Crippen LogP contribution is -2.36. The van der Waals surface area contributed by atoms with Gasteiger partial charge in [0, 0.05) is 24.3 Å². The summed E-state index contributed by atoms with van der Waals surface area (Å²) < 4.78 is 10.6. The van der Waals surface area contributed by atoms with Gasteiger partial charge in [-0.2, -0.15) is 0 Å². The number of rotatable bonds is 6. The number of anilines is 1. The monoisotopic (exact) mass is 354 g/mol. The molecule has 26 heavy (non-hydrogen) atoms. The molecule has 0 radical (unpaired) electrons. The van der Waals surface area contributed by atoms with Gasteiger partial charge in [-0.1, -0.05) is 30.3 Å². The van der Waals surface area contributed by atoms with Crippen LogP contribution in [0.25, 0.3) is 0 Å². The van der Waals surface area contributed by atoms with Gasteiger partial charge < -0.3 is 19.7 Å². The number of nitrogens with zero attached hydrogens (tertiary/aromatic N) is 1. The first-order chi connectivity index (χ1) is 12.7. The maximum atomic E-state index is 12.6. The molecule has 0 unspecified atom stereocenters. The average Bonchev–Trinajstić information content (AvgIpc) is 3.07. The third-order valence-electron chi connectivity index (χ3n) is 4.53. The van der Waals surface area contributed by atoms with Gasteiger partial charge in [-0.3, -0.25) is 9.59 Å². The Morgan fingerprint density at radius 2 is 1.88 bits per heavy atom. The van der Waals surface area contributed by atoms with Gasteiger partial charge in [-0.05, 0) is 24.6 Å². The molecule has 1 saturated heterocycles. The Balaban J connectivity index is 1.66. The van der Waals surface area contributed by atoms with Crippen LogP contribution in [0.1, 0.15) is 12.0 Å². The van der Waals surface area contributed by atoms with E-state index in [9.17, 15) is 9.59 Å². The van der Waals surface area contributed by atoms with Crippen molar-refractivity contribution < 1.29 is 19.1 Å². The van der Waals surface area contributed by atoms with Crippen LogP contribution in [0.15, 0.2) is 48.5 Å². The zero-order valence-electron chi connectivity index (χ0n) is 14.9. The number of ether oxygens (including phenoxy) is 2. The summed E-state index contributed by atoms with van der Waals surface area (Å²) in [5, 5.41) is 2.85. The van der Waals surface area contributed by atoms with E-state index in [1.165, 1.54) is 0 Å². The molecule has 0 aliphatic carbocycles. The highest BCUT2D eigenvalue weighted by Crippen LogP contribution is 2.31. The summed E-state index contributed by atoms with van der Waals surface area (Å²) in [6, 6.07) is 14.9. The second-order valence-electron chi connectivity index (χ2n) is 6.04. The molecular formula is C20H22N2O4. The first-order valence-corrected chi connectivity index (χ1v) is 8.49. The SMILES string of the molecule is COc1cccc(CNC(=O)[C@H]2CCN(c3ccccc3)C2=O)c1OC. The number of hydrogen-bond acceptors (Lipinski definition) is 4. The summed E-state index contributed by atoms with van der Waals surface area (Å²) in [6.07, 6.45) is 0.509. The fourth-order valence-corrected chi connectivity index (χ4v) is 3.19. The second kappa shape index (κ2) is 7.91. The van der Waals surface area contributed by atoms with Crippen LogP contribution in [0, 0.1) is 5.92 Å². The molecule has 2 aromatic rings. The summed E-state index contributed by atoms with van der Waals surface area (Å²) in [4.78, 5) is 26.8. The Kier molecular flexibility index (Phi) is 5.41. The van der Waals surface area contributed by atoms with E-state index in [0.29, 0.717) is 24.5 Å². The van der Waals surface area contributed by atoms with Gasteiger partial charge >= 0.3 is 0 Å². The molecule has 3 rings (SSSR count). The largest absolute Gasteiger partial charge is 0.493 e. The molecule has 136 valence electrons. The van der Waals surface area contributed by atoms with E-state index in [0.717, 1.165) is 11.3 Å². The molecule has 1 atom stereocenters. The van der Waals surface area contributed by atoms with E-state index in [1.807, 2.05) is 42.5 Å². The molecule has 0 bridgehead atoms. The second-order valence-corrected chi connectivity index (χ2v) is 6.04. The Morgan fingerprint density at radius 1 is 1.12 bits per heavy atom. The lowest BCUT2D eigenvalue weighted by molar-refractivity contribution is -0.132. The van der Waals surface area contributed by atoms with Gasteiger partial charge in [0.1, 0.15) is 5.92 Å². The molecule has 1 aliphatic rings. The van der Waals surface area contributed by atoms with E-state index in [4.69, 9.17) is 9.47 Å². The van der Waals surface area contributed by atoms with E-state index >= 15 is 0 Å². The van der Waals surface area contributed by atoms with Gasteiger partial charge in [0.15, 0.2) is 11.5 Å². The van der Waals surface area contributed by atoms with Crippen LogP contribution in [0.5, 0.6) is 11.5 Å². The van der Waals surface area contributed by atoms with Gasteiger partial charge in [-0.25, -0.2) is 0 Å². The van der Waals surface area contributed by atoms with Gasteiger partial charge in [-0.15, -0.1) is 0 Å². The Morgan fingerprint density at radius 3 is 2.58 bits per heavy atom. The lowest BCUT2D eigenvalue weighted by Gasteiger charge is -2.17. The molecular weight excluding hydrogens is 332 g/mol. The van der Waals surface area contributed by atoms with Crippen molar-refractivity contribution in [1.29, 1.82) is 0 Å². The van der Waals surface area contributed by atoms with Gasteiger partial charge in [0.2, 0.25) is 11.8 Å². The standard InChI is InChI=1S/C20H22N2O4/c1-25-17-10-6-7-14(18(17)26-2)13-21-19(23)16-11-12-22(20(16)24)15-8-4-3-5-9-15/h3-10,16H,11-13H2,1-2H3,(H,21,23)/t16-/m1/s1. The topological polar surface area (TPSA) is 67.9 Å². The summed E-state index contributed by atoms with van der Waals surface area (Å²) >= 11 is 0. The summed E-state index contributed by atoms with van der Waals surface area (Å²) in [5.74, 6) is 0.0989. The molecule has 2 amide bonds. The molecule has 1 heterocycles. The molecule has 6 nitrogen and oxygen atoms in total. The number of methoxy groups -OCH3 is 2. The van der Waals surface area contributed by atoms with Crippen molar-refractivity contribution in [2.45, 2.75) is 13.0 Å². The van der Waals surface area contributed by atoms with Crippen LogP contribution >= 0.6 is 0 Å². The average molecular weight is 354 g/mol. The number of carbonyl (C=O) groups is 2. The lowest BCUT2D eigenvalue weighted by atomic mass is 10.1. The van der Waals surface area contributed by atoms with Crippen LogP contribution in [-0.2, 0) is 16.1 Å². The van der Waals surface area contributed by atoms with Gasteiger partial charge in [0.05, 0.1) is 14.2 Å². The number of amides is 2. The van der Waals surface area contributed by atoms with Crippen LogP contribution in [-0.4, -0.2) is 32.6 Å². The third kappa shape index (κ3) is 3.49. The van der Waals surface area contributed by atoms with Crippen molar-refractivity contribution >= 4 is 17.5 Å². The molecule has 0 spiro atoms. The molecule has 0 aromatic heterocycles. The number of para-hydroxylation sites is 2. The van der Waals surface area contributed by atoms with Crippen molar-refractivity contribution in [1.82, 2.24) is 5.32 Å². The van der Waals surface area contributed by atoms with Crippen molar-refractivity contribution in [2.75, 3.05) is 25.7 Å². The van der Waals surface area contributed by atoms with E-state index in [2.05, 4.69) is 5.32 Å². The fraction of sp³-hybridized carbons (Fsp3) is 0.300. The predicted molar refractivity (Wildman–Crippen MR) is 98.3 cm³/mol. The van der Waals surface area contributed by atoms with Crippen LogP contribution in [0.2, 0.25) is 0 Å². The van der Waals surface area contributed by atoms with Gasteiger partial charge in [0.25, 0.3) is 0 Å². The van der Waals surface area contributed by atoms with E-state index in [-0.39, 0.29) is 18.4 Å². The number of benzene rings is 2. The number of hydrogen-bond donors (Lipinski definition) is 1. The van der Waals surface area contributed by atoms with Crippen molar-refractivity contribution in [2.24, 2.45) is 5.92 Å². The van der Waals surface area contributed by atoms with Crippen molar-refractivity contribution in [3.05, 3.63) is 54.1 Å². The minimum atomic E-state index is -0.660. The highest BCUT2D eigenvalue weighted by Gasteiger charge is 2.37. The zero-order chi connectivity index (χ0) is 18.5. The fourth-order valence-electron chi connectivity index (χ4n) is 3.19. The quantitative estimate of drug-likeness (QED) is 0.809. The zero-order valence-corrected chi connectivity index (χ0v) is 14.9. The smallest absolute Gasteiger partial charge is 0.239 e. The Hall–Kier alpha value is -3.02. The van der Waals surface area contributed by atoms with Crippen molar-refractivity contribution in [3.63, 3.8) is 0 Å². The van der Waals surface area contributed by atoms with E-state index < -0.39 is 5.92 Å². The molecule has 2 aromatic carbocycles. The Bertz CT molecular complexity index is 792. The first-order valence-electron chi connectivity index (χ1n) is 8.49. The van der Waals surface area contributed by atoms with Crippen LogP contribution in [0.4, 0.5) is 5.69 Å². The molecule has 0 saturated carbocycles. The molecule has 6 heteroatoms. The Labute approximate surface area is 152 Å². The minimum Gasteiger partial charge on any atom is -0.493 e. The minimum absolute atomic E-state index is 0.161. The normalized spacial score (nSPS) is 16.5. The maximum absolute atomic E-state index is 12.6. The third-order valence-corrected chi connectivity index (χ3v) is 4.53. The first kappa shape index (κ1) is 17.8. The summed E-state index contributed by atoms with van der Waals surface area (Å²) in [7, 11) is 3.12.